The van der Waals surface area contributed by atoms with Crippen LogP contribution in [0.5, 0.6) is 0 Å². The third-order valence-electron chi connectivity index (χ3n) is 3.45. The van der Waals surface area contributed by atoms with Gasteiger partial charge in [0.25, 0.3) is 0 Å². The maximum Gasteiger partial charge on any atom is 0.303 e. The Kier molecular flexibility index (Phi) is 8.46. The maximum atomic E-state index is 11.5. The zero-order valence-corrected chi connectivity index (χ0v) is 15.1. The zero-order chi connectivity index (χ0) is 19.9. The molecule has 0 aromatic heterocycles. The molecule has 0 aliphatic carbocycles. The average molecular weight is 376 g/mol. The van der Waals surface area contributed by atoms with Gasteiger partial charge in [-0.2, -0.15) is 0 Å². The van der Waals surface area contributed by atoms with E-state index < -0.39 is 54.6 Å². The van der Waals surface area contributed by atoms with Crippen LogP contribution in [0.1, 0.15) is 40.5 Å². The molecule has 3 unspecified atom stereocenters. The zero-order valence-electron chi connectivity index (χ0n) is 15.1. The first-order valence-corrected chi connectivity index (χ1v) is 8.12. The Morgan fingerprint density at radius 3 is 1.88 bits per heavy atom. The number of hydrogen-bond donors (Lipinski definition) is 1. The van der Waals surface area contributed by atoms with E-state index in [1.807, 2.05) is 0 Å². The molecule has 1 aliphatic heterocycles. The molecule has 1 aliphatic rings. The second-order valence-electron chi connectivity index (χ2n) is 5.80. The van der Waals surface area contributed by atoms with Gasteiger partial charge in [-0.15, -0.1) is 0 Å². The Labute approximate surface area is 150 Å². The van der Waals surface area contributed by atoms with E-state index in [-0.39, 0.29) is 19.4 Å². The molecule has 0 amide bonds. The minimum atomic E-state index is -1.18. The summed E-state index contributed by atoms with van der Waals surface area (Å²) in [5, 5.41) is 8.66. The Bertz CT molecular complexity index is 531. The Morgan fingerprint density at radius 1 is 0.885 bits per heavy atom. The van der Waals surface area contributed by atoms with Gasteiger partial charge in [-0.3, -0.25) is 19.2 Å². The third kappa shape index (κ3) is 6.96. The van der Waals surface area contributed by atoms with Crippen LogP contribution in [-0.2, 0) is 42.9 Å². The fraction of sp³-hybridized carbons (Fsp3) is 0.750. The number of carbonyl (C=O) groups is 4. The molecule has 0 aromatic carbocycles. The van der Waals surface area contributed by atoms with Crippen molar-refractivity contribution in [1.82, 2.24) is 0 Å². The van der Waals surface area contributed by atoms with E-state index in [0.29, 0.717) is 0 Å². The molecule has 148 valence electrons. The Hall–Kier alpha value is -2.20. The van der Waals surface area contributed by atoms with Crippen molar-refractivity contribution in [2.75, 3.05) is 6.61 Å². The smallest absolute Gasteiger partial charge is 0.303 e. The Morgan fingerprint density at radius 2 is 1.38 bits per heavy atom. The highest BCUT2D eigenvalue weighted by Crippen LogP contribution is 2.29. The molecule has 10 heteroatoms. The number of ether oxygens (including phenoxy) is 5. The summed E-state index contributed by atoms with van der Waals surface area (Å²) in [5.41, 5.74) is 0. The van der Waals surface area contributed by atoms with Crippen LogP contribution in [0.4, 0.5) is 0 Å². The summed E-state index contributed by atoms with van der Waals surface area (Å²) < 4.78 is 26.7. The summed E-state index contributed by atoms with van der Waals surface area (Å²) in [6.07, 6.45) is -5.04. The van der Waals surface area contributed by atoms with Crippen molar-refractivity contribution in [3.05, 3.63) is 0 Å². The van der Waals surface area contributed by atoms with Gasteiger partial charge in [-0.05, 0) is 13.3 Å². The van der Waals surface area contributed by atoms with Crippen LogP contribution in [0, 0.1) is 0 Å². The second kappa shape index (κ2) is 10.1. The number of carboxylic acids is 1. The molecular formula is C16H24O10. The number of carboxylic acid groups (broad SMARTS) is 1. The van der Waals surface area contributed by atoms with Gasteiger partial charge < -0.3 is 28.8 Å². The molecule has 1 saturated heterocycles. The predicted octanol–water partition coefficient (Wildman–Crippen LogP) is 0.408. The minimum Gasteiger partial charge on any atom is -0.481 e. The van der Waals surface area contributed by atoms with Crippen molar-refractivity contribution in [2.45, 2.75) is 71.2 Å². The van der Waals surface area contributed by atoms with E-state index in [2.05, 4.69) is 0 Å². The van der Waals surface area contributed by atoms with E-state index in [1.54, 1.807) is 6.92 Å². The predicted molar refractivity (Wildman–Crippen MR) is 83.8 cm³/mol. The molecule has 1 N–H and O–H groups in total. The fourth-order valence-corrected chi connectivity index (χ4v) is 2.53. The van der Waals surface area contributed by atoms with Gasteiger partial charge in [-0.1, -0.05) is 0 Å². The van der Waals surface area contributed by atoms with Crippen molar-refractivity contribution in [1.29, 1.82) is 0 Å². The van der Waals surface area contributed by atoms with Crippen LogP contribution in [-0.4, -0.2) is 66.3 Å². The van der Waals surface area contributed by atoms with E-state index in [0.717, 1.165) is 6.92 Å². The van der Waals surface area contributed by atoms with E-state index in [9.17, 15) is 19.2 Å². The van der Waals surface area contributed by atoms with E-state index >= 15 is 0 Å². The van der Waals surface area contributed by atoms with Crippen molar-refractivity contribution < 1.29 is 48.0 Å². The lowest BCUT2D eigenvalue weighted by Gasteiger charge is -2.43. The number of esters is 3. The molecule has 1 heterocycles. The van der Waals surface area contributed by atoms with Crippen LogP contribution in [0.3, 0.4) is 0 Å². The molecule has 5 atom stereocenters. The second-order valence-corrected chi connectivity index (χ2v) is 5.80. The monoisotopic (exact) mass is 376 g/mol. The van der Waals surface area contributed by atoms with Crippen LogP contribution < -0.4 is 0 Å². The van der Waals surface area contributed by atoms with Crippen LogP contribution in [0.2, 0.25) is 0 Å². The normalized spacial score (nSPS) is 28.1. The largest absolute Gasteiger partial charge is 0.481 e. The number of carbonyl (C=O) groups excluding carboxylic acids is 3. The van der Waals surface area contributed by atoms with Gasteiger partial charge in [0, 0.05) is 27.2 Å². The van der Waals surface area contributed by atoms with Crippen LogP contribution in [0.25, 0.3) is 0 Å². The van der Waals surface area contributed by atoms with Crippen molar-refractivity contribution in [2.24, 2.45) is 0 Å². The van der Waals surface area contributed by atoms with Crippen molar-refractivity contribution >= 4 is 23.9 Å². The highest BCUT2D eigenvalue weighted by Gasteiger charge is 2.50. The summed E-state index contributed by atoms with van der Waals surface area (Å²) in [6.45, 7) is 5.12. The van der Waals surface area contributed by atoms with Gasteiger partial charge in [0.05, 0.1) is 12.7 Å². The van der Waals surface area contributed by atoms with Crippen molar-refractivity contribution in [3.8, 4) is 0 Å². The molecule has 1 rings (SSSR count). The summed E-state index contributed by atoms with van der Waals surface area (Å²) >= 11 is 0. The van der Waals surface area contributed by atoms with E-state index in [4.69, 9.17) is 28.8 Å². The first-order chi connectivity index (χ1) is 12.1. The highest BCUT2D eigenvalue weighted by molar-refractivity contribution is 5.68. The van der Waals surface area contributed by atoms with Crippen molar-refractivity contribution in [3.63, 3.8) is 0 Å². The lowest BCUT2D eigenvalue weighted by atomic mass is 9.99. The summed E-state index contributed by atoms with van der Waals surface area (Å²) in [4.78, 5) is 44.9. The van der Waals surface area contributed by atoms with Gasteiger partial charge >= 0.3 is 23.9 Å². The highest BCUT2D eigenvalue weighted by atomic mass is 16.7. The van der Waals surface area contributed by atoms with Gasteiger partial charge in [-0.25, -0.2) is 0 Å². The summed E-state index contributed by atoms with van der Waals surface area (Å²) in [5.74, 6) is -2.94. The lowest BCUT2D eigenvalue weighted by Crippen LogP contribution is -2.61. The molecule has 0 radical (unpaired) electrons. The molecule has 0 aromatic rings. The average Bonchev–Trinajstić information content (AvgIpc) is 2.49. The Balaban J connectivity index is 2.97. The number of aliphatic carboxylic acids is 1. The summed E-state index contributed by atoms with van der Waals surface area (Å²) in [7, 11) is 0. The fourth-order valence-electron chi connectivity index (χ4n) is 2.53. The van der Waals surface area contributed by atoms with Crippen LogP contribution >= 0.6 is 0 Å². The molecular weight excluding hydrogens is 352 g/mol. The topological polar surface area (TPSA) is 135 Å². The molecule has 1 fully saturated rings. The third-order valence-corrected chi connectivity index (χ3v) is 3.45. The molecule has 0 bridgehead atoms. The van der Waals surface area contributed by atoms with Crippen LogP contribution in [0.15, 0.2) is 0 Å². The van der Waals surface area contributed by atoms with Gasteiger partial charge in [0.15, 0.2) is 24.6 Å². The minimum absolute atomic E-state index is 0.0203. The first-order valence-electron chi connectivity index (χ1n) is 8.12. The standard InChI is InChI=1S/C16H24O10/c1-8-13(24-9(2)17)14(25-10(3)18)15(26-11(4)19)16(23-8)22-7-5-6-12(20)21/h8,13-16H,5-7H2,1-4H3,(H,20,21)/t8?,13-,14?,15?,16-/m1/s1. The molecule has 0 spiro atoms. The first kappa shape index (κ1) is 21.8. The molecule has 26 heavy (non-hydrogen) atoms. The number of hydrogen-bond acceptors (Lipinski definition) is 9. The SMILES string of the molecule is CC(=O)OC1C(OC(C)=O)[C@H](OC(C)=O)C(C)O[C@H]1OCCCC(=O)O. The maximum absolute atomic E-state index is 11.5. The molecule has 0 saturated carbocycles. The number of rotatable bonds is 8. The van der Waals surface area contributed by atoms with E-state index in [1.165, 1.54) is 13.8 Å². The lowest BCUT2D eigenvalue weighted by molar-refractivity contribution is -0.300. The quantitative estimate of drug-likeness (QED) is 0.360. The summed E-state index contributed by atoms with van der Waals surface area (Å²) in [6, 6.07) is 0. The molecule has 10 nitrogen and oxygen atoms in total. The van der Waals surface area contributed by atoms with Gasteiger partial charge in [0.2, 0.25) is 0 Å². The van der Waals surface area contributed by atoms with Gasteiger partial charge in [0.1, 0.15) is 0 Å².